The summed E-state index contributed by atoms with van der Waals surface area (Å²) in [5, 5.41) is 19.7. The summed E-state index contributed by atoms with van der Waals surface area (Å²) in [6.45, 7) is 8.75. The van der Waals surface area contributed by atoms with Crippen LogP contribution in [0.2, 0.25) is 0 Å². The minimum atomic E-state index is -1.05. The number of amides is 5. The number of aromatic nitrogens is 3. The molecule has 2 fully saturated rings. The molecule has 1 saturated carbocycles. The Labute approximate surface area is 293 Å². The molecule has 4 rings (SSSR count). The van der Waals surface area contributed by atoms with E-state index in [0.29, 0.717) is 5.75 Å². The van der Waals surface area contributed by atoms with Gasteiger partial charge in [0.1, 0.15) is 23.9 Å². The van der Waals surface area contributed by atoms with Crippen molar-refractivity contribution in [2.45, 2.75) is 109 Å². The number of carbonyl (C=O) groups is 5. The van der Waals surface area contributed by atoms with Crippen molar-refractivity contribution in [2.75, 3.05) is 20.2 Å². The van der Waals surface area contributed by atoms with E-state index >= 15 is 0 Å². The number of hydrogen-bond acceptors (Lipinski definition) is 9. The first kappa shape index (κ1) is 38.3. The van der Waals surface area contributed by atoms with Crippen LogP contribution in [0.4, 0.5) is 0 Å². The van der Waals surface area contributed by atoms with Crippen LogP contribution in [0.1, 0.15) is 88.8 Å². The maximum Gasteiger partial charge on any atom is 0.276 e. The maximum atomic E-state index is 14.0. The van der Waals surface area contributed by atoms with Gasteiger partial charge in [-0.1, -0.05) is 45.0 Å². The molecule has 1 aromatic heterocycles. The van der Waals surface area contributed by atoms with Gasteiger partial charge in [-0.2, -0.15) is 0 Å². The molecule has 1 aromatic carbocycles. The first-order valence-corrected chi connectivity index (χ1v) is 17.5. The number of nitrogens with one attached hydrogen (secondary N) is 4. The molecule has 0 radical (unpaired) electrons. The van der Waals surface area contributed by atoms with E-state index in [2.05, 4.69) is 31.6 Å². The lowest BCUT2D eigenvalue weighted by Gasteiger charge is -2.31. The molecule has 50 heavy (non-hydrogen) atoms. The van der Waals surface area contributed by atoms with Gasteiger partial charge < -0.3 is 36.6 Å². The number of carbonyl (C=O) groups excluding carboxylic acids is 5. The first-order valence-electron chi connectivity index (χ1n) is 17.5. The van der Waals surface area contributed by atoms with Crippen LogP contribution < -0.4 is 31.7 Å². The van der Waals surface area contributed by atoms with Gasteiger partial charge in [0.25, 0.3) is 5.91 Å². The molecular weight excluding hydrogens is 642 g/mol. The largest absolute Gasteiger partial charge is 0.497 e. The summed E-state index contributed by atoms with van der Waals surface area (Å²) in [7, 11) is 1.55. The molecule has 274 valence electrons. The van der Waals surface area contributed by atoms with Gasteiger partial charge in [-0.3, -0.25) is 24.0 Å². The lowest BCUT2D eigenvalue weighted by molar-refractivity contribution is -0.133. The number of benzene rings is 1. The predicted molar refractivity (Wildman–Crippen MR) is 186 cm³/mol. The topological polar surface area (TPSA) is 203 Å². The van der Waals surface area contributed by atoms with Gasteiger partial charge in [0.15, 0.2) is 5.69 Å². The van der Waals surface area contributed by atoms with E-state index in [9.17, 15) is 24.0 Å². The molecule has 4 atom stereocenters. The molecule has 15 nitrogen and oxygen atoms in total. The average Bonchev–Trinajstić information content (AvgIpc) is 3.57. The maximum absolute atomic E-state index is 14.0. The summed E-state index contributed by atoms with van der Waals surface area (Å²) >= 11 is 0. The second-order valence-corrected chi connectivity index (χ2v) is 14.3. The Hall–Kier alpha value is -4.53. The van der Waals surface area contributed by atoms with Gasteiger partial charge in [-0.15, -0.1) is 5.10 Å². The molecule has 0 unspecified atom stereocenters. The summed E-state index contributed by atoms with van der Waals surface area (Å²) in [5.41, 5.74) is 6.89. The van der Waals surface area contributed by atoms with Crippen molar-refractivity contribution in [3.05, 3.63) is 41.7 Å². The molecule has 15 heteroatoms. The van der Waals surface area contributed by atoms with Crippen LogP contribution in [0.5, 0.6) is 5.75 Å². The zero-order valence-electron chi connectivity index (χ0n) is 30.0. The fraction of sp³-hybridized carbons (Fsp3) is 0.629. The zero-order chi connectivity index (χ0) is 36.5. The highest BCUT2D eigenvalue weighted by Crippen LogP contribution is 2.27. The number of methoxy groups -OCH3 is 1. The van der Waals surface area contributed by atoms with E-state index in [1.807, 2.05) is 27.7 Å². The summed E-state index contributed by atoms with van der Waals surface area (Å²) in [4.78, 5) is 69.8. The summed E-state index contributed by atoms with van der Waals surface area (Å²) in [6, 6.07) is 3.71. The monoisotopic (exact) mass is 695 g/mol. The number of nitrogens with two attached hydrogens (primary N) is 1. The second-order valence-electron chi connectivity index (χ2n) is 14.3. The van der Waals surface area contributed by atoms with Crippen LogP contribution in [0.3, 0.4) is 0 Å². The standard InChI is InChI=1S/C35H53N9O6/c1-20(2)15-27-34(48)39-28(16-23-7-13-26(50-6)14-8-23)33(47)37-22(5)32(46)40-29(21(3)4)17-43(19-31(45)38-27)35(49)30-18-44(42-41-30)25-11-9-24(36)10-12-25/h7-8,13-14,18,20-22,24-25,27-29H,9-12,15-17,19,36H2,1-6H3,(H,37,47)(H,38,45)(H,39,48)(H,40,46)/t22-,24?,25?,27+,28+,29-/m1/s1. The van der Waals surface area contributed by atoms with E-state index in [1.54, 1.807) is 49.2 Å². The highest BCUT2D eigenvalue weighted by Gasteiger charge is 2.33. The molecule has 5 amide bonds. The molecule has 2 heterocycles. The smallest absolute Gasteiger partial charge is 0.276 e. The van der Waals surface area contributed by atoms with Gasteiger partial charge in [0.2, 0.25) is 23.6 Å². The van der Waals surface area contributed by atoms with Gasteiger partial charge in [-0.25, -0.2) is 4.68 Å². The third kappa shape index (κ3) is 10.5. The number of nitrogens with zero attached hydrogens (tertiary/aromatic N) is 4. The molecule has 6 N–H and O–H groups in total. The lowest BCUT2D eigenvalue weighted by atomic mass is 9.92. The van der Waals surface area contributed by atoms with Crippen LogP contribution in [0.25, 0.3) is 0 Å². The average molecular weight is 696 g/mol. The van der Waals surface area contributed by atoms with Crippen LogP contribution in [0.15, 0.2) is 30.5 Å². The van der Waals surface area contributed by atoms with Crippen molar-refractivity contribution < 1.29 is 28.7 Å². The molecule has 0 bridgehead atoms. The Morgan fingerprint density at radius 3 is 2.20 bits per heavy atom. The molecule has 1 aliphatic heterocycles. The minimum absolute atomic E-state index is 0.0104. The quantitative estimate of drug-likeness (QED) is 0.268. The number of rotatable bonds is 8. The number of hydrogen-bond donors (Lipinski definition) is 5. The first-order chi connectivity index (χ1) is 23.7. The molecule has 1 aliphatic carbocycles. The number of ether oxygens (including phenoxy) is 1. The molecule has 1 saturated heterocycles. The van der Waals surface area contributed by atoms with Crippen molar-refractivity contribution in [1.29, 1.82) is 0 Å². The van der Waals surface area contributed by atoms with Crippen LogP contribution in [0, 0.1) is 11.8 Å². The summed E-state index contributed by atoms with van der Waals surface area (Å²) in [5.74, 6) is -2.19. The summed E-state index contributed by atoms with van der Waals surface area (Å²) in [6.07, 6.45) is 5.34. The van der Waals surface area contributed by atoms with Crippen LogP contribution >= 0.6 is 0 Å². The van der Waals surface area contributed by atoms with E-state index in [1.165, 1.54) is 4.90 Å². The lowest BCUT2D eigenvalue weighted by Crippen LogP contribution is -2.57. The summed E-state index contributed by atoms with van der Waals surface area (Å²) < 4.78 is 6.93. The highest BCUT2D eigenvalue weighted by atomic mass is 16.5. The Morgan fingerprint density at radius 1 is 0.920 bits per heavy atom. The third-order valence-corrected chi connectivity index (χ3v) is 9.36. The van der Waals surface area contributed by atoms with Gasteiger partial charge >= 0.3 is 0 Å². The second kappa shape index (κ2) is 17.4. The molecule has 0 spiro atoms. The van der Waals surface area contributed by atoms with Crippen LogP contribution in [-0.4, -0.2) is 99.8 Å². The third-order valence-electron chi connectivity index (χ3n) is 9.36. The van der Waals surface area contributed by atoms with Crippen molar-refractivity contribution >= 4 is 29.5 Å². The van der Waals surface area contributed by atoms with Crippen molar-refractivity contribution in [1.82, 2.24) is 41.2 Å². The fourth-order valence-corrected chi connectivity index (χ4v) is 6.24. The SMILES string of the molecule is COc1ccc(C[C@@H]2NC(=O)[C@H](CC(C)C)NC(=O)CN(C(=O)c3cn(C4CCC(N)CC4)nn3)C[C@H](C(C)C)NC(=O)[C@@H](C)NC2=O)cc1. The van der Waals surface area contributed by atoms with E-state index in [4.69, 9.17) is 10.5 Å². The van der Waals surface area contributed by atoms with Gasteiger partial charge in [0.05, 0.1) is 25.9 Å². The molecule has 2 aliphatic rings. The Morgan fingerprint density at radius 2 is 1.58 bits per heavy atom. The Bertz CT molecular complexity index is 1490. The van der Waals surface area contributed by atoms with Crippen molar-refractivity contribution in [3.8, 4) is 5.75 Å². The van der Waals surface area contributed by atoms with E-state index < -0.39 is 60.2 Å². The van der Waals surface area contributed by atoms with E-state index in [0.717, 1.165) is 31.2 Å². The molecular formula is C35H53N9O6. The van der Waals surface area contributed by atoms with Crippen LogP contribution in [-0.2, 0) is 25.6 Å². The fourth-order valence-electron chi connectivity index (χ4n) is 6.24. The highest BCUT2D eigenvalue weighted by molar-refractivity contribution is 5.97. The Kier molecular flexibility index (Phi) is 13.3. The minimum Gasteiger partial charge on any atom is -0.497 e. The molecule has 2 aromatic rings. The van der Waals surface area contributed by atoms with Gasteiger partial charge in [-0.05, 0) is 68.6 Å². The normalized spacial score (nSPS) is 26.0. The van der Waals surface area contributed by atoms with E-state index in [-0.39, 0.29) is 49.0 Å². The predicted octanol–water partition coefficient (Wildman–Crippen LogP) is 1.09. The van der Waals surface area contributed by atoms with Gasteiger partial charge in [0, 0.05) is 25.0 Å². The van der Waals surface area contributed by atoms with Crippen molar-refractivity contribution in [2.24, 2.45) is 17.6 Å². The Balaban J connectivity index is 1.63. The zero-order valence-corrected chi connectivity index (χ0v) is 30.0. The van der Waals surface area contributed by atoms with Crippen molar-refractivity contribution in [3.63, 3.8) is 0 Å².